The van der Waals surface area contributed by atoms with Gasteiger partial charge >= 0.3 is 5.97 Å². The average Bonchev–Trinajstić information content (AvgIpc) is 3.53. The molecule has 0 atom stereocenters. The van der Waals surface area contributed by atoms with Crippen molar-refractivity contribution in [2.45, 2.75) is 38.1 Å². The minimum atomic E-state index is -0.543. The van der Waals surface area contributed by atoms with Crippen molar-refractivity contribution in [3.05, 3.63) is 51.9 Å². The van der Waals surface area contributed by atoms with Crippen LogP contribution >= 0.6 is 22.9 Å². The number of methoxy groups -OCH3 is 1. The van der Waals surface area contributed by atoms with Gasteiger partial charge in [-0.25, -0.2) is 4.79 Å². The summed E-state index contributed by atoms with van der Waals surface area (Å²) in [6, 6.07) is 7.22. The molecule has 32 heavy (non-hydrogen) atoms. The quantitative estimate of drug-likeness (QED) is 0.484. The summed E-state index contributed by atoms with van der Waals surface area (Å²) < 4.78 is 10.1. The number of carbonyl (C=O) groups excluding carboxylic acids is 2. The summed E-state index contributed by atoms with van der Waals surface area (Å²) >= 11 is 7.58. The Hall–Kier alpha value is -2.75. The molecule has 2 N–H and O–H groups in total. The summed E-state index contributed by atoms with van der Waals surface area (Å²) in [6.07, 6.45) is 3.67. The maximum absolute atomic E-state index is 12.8. The highest BCUT2D eigenvalue weighted by Crippen LogP contribution is 2.39. The number of nitrogens with one attached hydrogen (secondary N) is 2. The monoisotopic (exact) mass is 474 g/mol. The summed E-state index contributed by atoms with van der Waals surface area (Å²) in [5, 5.41) is 12.9. The number of carbonyl (C=O) groups is 2. The van der Waals surface area contributed by atoms with E-state index in [2.05, 4.69) is 20.8 Å². The van der Waals surface area contributed by atoms with Crippen molar-refractivity contribution in [2.24, 2.45) is 0 Å². The maximum Gasteiger partial charge on any atom is 0.341 e. The van der Waals surface area contributed by atoms with Gasteiger partial charge in [0.05, 0.1) is 19.2 Å². The topological polar surface area (TPSA) is 106 Å². The zero-order valence-electron chi connectivity index (χ0n) is 17.7. The lowest BCUT2D eigenvalue weighted by Gasteiger charge is -2.26. The fourth-order valence-corrected chi connectivity index (χ4v) is 5.21. The Morgan fingerprint density at radius 3 is 2.66 bits per heavy atom. The van der Waals surface area contributed by atoms with Gasteiger partial charge in [-0.15, -0.1) is 11.3 Å². The summed E-state index contributed by atoms with van der Waals surface area (Å²) in [6.45, 7) is 1.78. The third-order valence-corrected chi connectivity index (χ3v) is 6.82. The number of halogens is 1. The predicted octanol–water partition coefficient (Wildman–Crippen LogP) is 4.54. The fraction of sp³-hybridized carbons (Fsp3) is 0.364. The highest BCUT2D eigenvalue weighted by Gasteiger charge is 2.40. The molecule has 10 heteroatoms. The first-order valence-electron chi connectivity index (χ1n) is 10.2. The number of esters is 1. The Bertz CT molecular complexity index is 1140. The van der Waals surface area contributed by atoms with Crippen LogP contribution in [0, 0.1) is 6.92 Å². The molecule has 0 radical (unpaired) electrons. The van der Waals surface area contributed by atoms with Crippen LogP contribution in [0.25, 0.3) is 11.1 Å². The van der Waals surface area contributed by atoms with E-state index in [-0.39, 0.29) is 18.0 Å². The number of benzene rings is 1. The lowest BCUT2D eigenvalue weighted by molar-refractivity contribution is -0.115. The van der Waals surface area contributed by atoms with Crippen molar-refractivity contribution >= 4 is 39.8 Å². The van der Waals surface area contributed by atoms with E-state index in [9.17, 15) is 9.59 Å². The molecular weight excluding hydrogens is 452 g/mol. The molecule has 0 bridgehead atoms. The van der Waals surface area contributed by atoms with Crippen LogP contribution in [-0.4, -0.2) is 35.7 Å². The molecule has 3 aromatic rings. The van der Waals surface area contributed by atoms with E-state index in [0.29, 0.717) is 32.9 Å². The van der Waals surface area contributed by atoms with Crippen LogP contribution in [0.15, 0.2) is 34.2 Å². The standard InChI is InChI=1S/C22H23ClN4O4S/c1-13-25-21(27-31-13)22(9-5-6-10-22)24-11-17(28)26-19-18(20(29)30-2)15(12-32-19)14-7-3-4-8-16(14)23/h3-4,7-8,12,24H,5-6,9-11H2,1-2H3,(H,26,28). The summed E-state index contributed by atoms with van der Waals surface area (Å²) in [7, 11) is 1.31. The third kappa shape index (κ3) is 4.41. The minimum Gasteiger partial charge on any atom is -0.465 e. The first-order chi connectivity index (χ1) is 15.4. The molecule has 0 saturated heterocycles. The fourth-order valence-electron chi connectivity index (χ4n) is 4.00. The van der Waals surface area contributed by atoms with Gasteiger partial charge in [-0.3, -0.25) is 10.1 Å². The summed E-state index contributed by atoms with van der Waals surface area (Å²) in [5.74, 6) is 0.242. The number of aromatic nitrogens is 2. The van der Waals surface area contributed by atoms with Crippen molar-refractivity contribution in [1.82, 2.24) is 15.5 Å². The van der Waals surface area contributed by atoms with Gasteiger partial charge in [0.2, 0.25) is 11.8 Å². The average molecular weight is 475 g/mol. The molecule has 0 unspecified atom stereocenters. The number of hydrogen-bond acceptors (Lipinski definition) is 8. The Morgan fingerprint density at radius 2 is 2.00 bits per heavy atom. The number of amides is 1. The van der Waals surface area contributed by atoms with E-state index in [1.54, 1.807) is 18.4 Å². The van der Waals surface area contributed by atoms with Crippen molar-refractivity contribution in [1.29, 1.82) is 0 Å². The molecule has 4 rings (SSSR count). The van der Waals surface area contributed by atoms with Crippen LogP contribution in [0.5, 0.6) is 0 Å². The van der Waals surface area contributed by atoms with Gasteiger partial charge in [0.1, 0.15) is 10.6 Å². The molecule has 1 aromatic carbocycles. The zero-order valence-corrected chi connectivity index (χ0v) is 19.3. The first kappa shape index (κ1) is 22.4. The van der Waals surface area contributed by atoms with Crippen molar-refractivity contribution in [2.75, 3.05) is 19.0 Å². The van der Waals surface area contributed by atoms with Gasteiger partial charge in [-0.05, 0) is 18.9 Å². The normalized spacial score (nSPS) is 15.0. The highest BCUT2D eigenvalue weighted by atomic mass is 35.5. The SMILES string of the molecule is COC(=O)c1c(-c2ccccc2Cl)csc1NC(=O)CNC1(c2noc(C)n2)CCCC1. The Labute approximate surface area is 194 Å². The highest BCUT2D eigenvalue weighted by molar-refractivity contribution is 7.15. The third-order valence-electron chi connectivity index (χ3n) is 5.60. The lowest BCUT2D eigenvalue weighted by atomic mass is 9.96. The van der Waals surface area contributed by atoms with Crippen LogP contribution in [0.2, 0.25) is 5.02 Å². The van der Waals surface area contributed by atoms with Gasteiger partial charge in [-0.1, -0.05) is 47.8 Å². The van der Waals surface area contributed by atoms with Crippen molar-refractivity contribution in [3.63, 3.8) is 0 Å². The van der Waals surface area contributed by atoms with E-state index in [4.69, 9.17) is 20.9 Å². The number of thiophene rings is 1. The number of rotatable bonds is 7. The maximum atomic E-state index is 12.8. The first-order valence-corrected chi connectivity index (χ1v) is 11.5. The zero-order chi connectivity index (χ0) is 22.7. The smallest absolute Gasteiger partial charge is 0.341 e. The number of hydrogen-bond donors (Lipinski definition) is 2. The summed E-state index contributed by atoms with van der Waals surface area (Å²) in [5.41, 5.74) is 1.11. The van der Waals surface area contributed by atoms with Crippen LogP contribution < -0.4 is 10.6 Å². The van der Waals surface area contributed by atoms with Gasteiger partial charge < -0.3 is 14.6 Å². The minimum absolute atomic E-state index is 0.0352. The number of ether oxygens (including phenoxy) is 1. The molecular formula is C22H23ClN4O4S. The Kier molecular flexibility index (Phi) is 6.59. The molecule has 1 aliphatic carbocycles. The van der Waals surface area contributed by atoms with Crippen molar-refractivity contribution in [3.8, 4) is 11.1 Å². The van der Waals surface area contributed by atoms with E-state index in [1.807, 2.05) is 18.2 Å². The van der Waals surface area contributed by atoms with Crippen LogP contribution in [0.1, 0.15) is 47.8 Å². The molecule has 1 amide bonds. The van der Waals surface area contributed by atoms with Crippen LogP contribution in [0.4, 0.5) is 5.00 Å². The predicted molar refractivity (Wildman–Crippen MR) is 122 cm³/mol. The number of anilines is 1. The van der Waals surface area contributed by atoms with E-state index in [1.165, 1.54) is 18.4 Å². The van der Waals surface area contributed by atoms with Gasteiger partial charge in [0.25, 0.3) is 0 Å². The number of nitrogens with zero attached hydrogens (tertiary/aromatic N) is 2. The molecule has 168 valence electrons. The van der Waals surface area contributed by atoms with Crippen LogP contribution in [0.3, 0.4) is 0 Å². The van der Waals surface area contributed by atoms with E-state index in [0.717, 1.165) is 25.7 Å². The van der Waals surface area contributed by atoms with Gasteiger partial charge in [0, 0.05) is 28.5 Å². The second kappa shape index (κ2) is 9.40. The number of aryl methyl sites for hydroxylation is 1. The molecule has 0 aliphatic heterocycles. The van der Waals surface area contributed by atoms with Crippen molar-refractivity contribution < 1.29 is 18.8 Å². The molecule has 8 nitrogen and oxygen atoms in total. The largest absolute Gasteiger partial charge is 0.465 e. The second-order valence-corrected chi connectivity index (χ2v) is 8.94. The second-order valence-electron chi connectivity index (χ2n) is 7.65. The molecule has 1 saturated carbocycles. The molecule has 0 spiro atoms. The van der Waals surface area contributed by atoms with Crippen LogP contribution in [-0.2, 0) is 15.1 Å². The molecule has 1 fully saturated rings. The van der Waals surface area contributed by atoms with Gasteiger partial charge in [-0.2, -0.15) is 4.98 Å². The Balaban J connectivity index is 1.53. The van der Waals surface area contributed by atoms with E-state index >= 15 is 0 Å². The molecule has 2 aromatic heterocycles. The molecule has 1 aliphatic rings. The lowest BCUT2D eigenvalue weighted by Crippen LogP contribution is -2.44. The van der Waals surface area contributed by atoms with Gasteiger partial charge in [0.15, 0.2) is 5.82 Å². The summed E-state index contributed by atoms with van der Waals surface area (Å²) in [4.78, 5) is 29.7. The Morgan fingerprint density at radius 1 is 1.25 bits per heavy atom. The molecule has 2 heterocycles. The van der Waals surface area contributed by atoms with E-state index < -0.39 is 11.5 Å².